The largest absolute Gasteiger partial charge is 0.502 e. The van der Waals surface area contributed by atoms with Crippen molar-refractivity contribution in [3.63, 3.8) is 0 Å². The predicted octanol–water partition coefficient (Wildman–Crippen LogP) is 4.43. The Morgan fingerprint density at radius 2 is 1.84 bits per heavy atom. The number of ether oxygens (including phenoxy) is 1. The van der Waals surface area contributed by atoms with Crippen molar-refractivity contribution in [2.75, 3.05) is 24.8 Å². The number of hydrogen-bond donors (Lipinski definition) is 1. The van der Waals surface area contributed by atoms with E-state index < -0.39 is 17.3 Å². The molecule has 7 nitrogen and oxygen atoms in total. The minimum absolute atomic E-state index is 0.00371. The Bertz CT molecular complexity index is 1580. The van der Waals surface area contributed by atoms with Crippen LogP contribution in [-0.2, 0) is 10.5 Å². The van der Waals surface area contributed by atoms with Crippen LogP contribution in [0.1, 0.15) is 33.2 Å². The number of rotatable bonds is 2. The highest BCUT2D eigenvalue weighted by Crippen LogP contribution is 2.47. The molecule has 0 saturated carbocycles. The van der Waals surface area contributed by atoms with Crippen molar-refractivity contribution >= 4 is 29.0 Å². The average molecular weight is 530 g/mol. The van der Waals surface area contributed by atoms with E-state index in [1.165, 1.54) is 22.1 Å². The molecule has 1 amide bonds. The van der Waals surface area contributed by atoms with E-state index in [1.807, 2.05) is 12.1 Å². The molecule has 3 aliphatic heterocycles. The van der Waals surface area contributed by atoms with E-state index >= 15 is 0 Å². The molecule has 2 aromatic heterocycles. The van der Waals surface area contributed by atoms with Gasteiger partial charge in [-0.05, 0) is 39.8 Å². The number of benzene rings is 2. The van der Waals surface area contributed by atoms with Gasteiger partial charge in [0.05, 0.1) is 19.3 Å². The monoisotopic (exact) mass is 529 g/mol. The van der Waals surface area contributed by atoms with Crippen LogP contribution in [0, 0.1) is 0 Å². The topological polar surface area (TPSA) is 75.0 Å². The van der Waals surface area contributed by atoms with E-state index in [1.54, 1.807) is 38.9 Å². The number of carbonyl (C=O) groups is 1. The van der Waals surface area contributed by atoms with Crippen LogP contribution >= 0.6 is 23.1 Å². The molecule has 2 atom stereocenters. The molecule has 0 spiro atoms. The summed E-state index contributed by atoms with van der Waals surface area (Å²) < 4.78 is 7.57. The van der Waals surface area contributed by atoms with Crippen molar-refractivity contribution in [1.82, 2.24) is 9.58 Å². The van der Waals surface area contributed by atoms with Crippen molar-refractivity contribution in [3.05, 3.63) is 105 Å². The number of aromatic hydroxyl groups is 1. The Morgan fingerprint density at radius 1 is 0.973 bits per heavy atom. The van der Waals surface area contributed by atoms with Crippen molar-refractivity contribution < 1.29 is 14.6 Å². The lowest BCUT2D eigenvalue weighted by atomic mass is 9.90. The van der Waals surface area contributed by atoms with Gasteiger partial charge in [-0.1, -0.05) is 42.5 Å². The maximum absolute atomic E-state index is 13.5. The van der Waals surface area contributed by atoms with Gasteiger partial charge in [0.15, 0.2) is 11.4 Å². The first-order chi connectivity index (χ1) is 18.1. The Hall–Kier alpha value is -3.53. The Morgan fingerprint density at radius 3 is 2.70 bits per heavy atom. The lowest BCUT2D eigenvalue weighted by Crippen LogP contribution is -2.66. The van der Waals surface area contributed by atoms with Gasteiger partial charge >= 0.3 is 0 Å². The van der Waals surface area contributed by atoms with Crippen LogP contribution in [-0.4, -0.2) is 46.5 Å². The highest BCUT2D eigenvalue weighted by atomic mass is 32.2. The van der Waals surface area contributed by atoms with Crippen LogP contribution < -0.4 is 10.4 Å². The number of thiophene rings is 1. The summed E-state index contributed by atoms with van der Waals surface area (Å²) in [6.45, 7) is 1.11. The lowest BCUT2D eigenvalue weighted by Gasteiger charge is -2.51. The molecule has 1 fully saturated rings. The molecule has 37 heavy (non-hydrogen) atoms. The van der Waals surface area contributed by atoms with Crippen molar-refractivity contribution in [1.29, 1.82) is 0 Å². The van der Waals surface area contributed by atoms with E-state index in [4.69, 9.17) is 4.74 Å². The van der Waals surface area contributed by atoms with E-state index in [0.717, 1.165) is 21.8 Å². The molecule has 0 aliphatic carbocycles. The first-order valence-electron chi connectivity index (χ1n) is 12.1. The van der Waals surface area contributed by atoms with Gasteiger partial charge in [0.1, 0.15) is 6.17 Å². The summed E-state index contributed by atoms with van der Waals surface area (Å²) in [6, 6.07) is 20.0. The van der Waals surface area contributed by atoms with Crippen LogP contribution in [0.2, 0.25) is 0 Å². The van der Waals surface area contributed by atoms with E-state index in [-0.39, 0.29) is 17.6 Å². The third-order valence-electron chi connectivity index (χ3n) is 7.32. The number of hydrogen-bond acceptors (Lipinski definition) is 7. The number of pyridine rings is 1. The summed E-state index contributed by atoms with van der Waals surface area (Å²) >= 11 is 3.52. The number of aromatic nitrogens is 1. The molecule has 3 aliphatic rings. The van der Waals surface area contributed by atoms with Gasteiger partial charge in [-0.15, -0.1) is 23.1 Å². The van der Waals surface area contributed by atoms with Gasteiger partial charge in [-0.2, -0.15) is 0 Å². The summed E-state index contributed by atoms with van der Waals surface area (Å²) in [5, 5.41) is 15.0. The number of fused-ring (bicyclic) bond motifs is 4. The first-order valence-corrected chi connectivity index (χ1v) is 14.0. The zero-order valence-electron chi connectivity index (χ0n) is 19.7. The second kappa shape index (κ2) is 8.79. The third-order valence-corrected chi connectivity index (χ3v) is 9.34. The van der Waals surface area contributed by atoms with Gasteiger partial charge in [-0.25, -0.2) is 0 Å². The normalized spacial score (nSPS) is 20.5. The lowest BCUT2D eigenvalue weighted by molar-refractivity contribution is -0.0197. The van der Waals surface area contributed by atoms with Gasteiger partial charge in [0.2, 0.25) is 5.43 Å². The Kier molecular flexibility index (Phi) is 5.38. The summed E-state index contributed by atoms with van der Waals surface area (Å²) in [5.41, 5.74) is 4.11. The fourth-order valence-electron chi connectivity index (χ4n) is 5.66. The SMILES string of the molecule is O=C1c2c(O)c(=O)ccn2N([C@@H]2c3ccccc3SCc3c(-c4cccs4)cccc32)[C@@H]2COCCN12. The van der Waals surface area contributed by atoms with Crippen LogP contribution in [0.25, 0.3) is 10.4 Å². The molecule has 0 bridgehead atoms. The van der Waals surface area contributed by atoms with Gasteiger partial charge in [0, 0.05) is 34.3 Å². The summed E-state index contributed by atoms with van der Waals surface area (Å²) in [4.78, 5) is 30.1. The molecule has 4 aromatic rings. The molecule has 9 heteroatoms. The Balaban J connectivity index is 1.53. The maximum atomic E-state index is 13.5. The number of carbonyl (C=O) groups excluding carboxylic acids is 1. The molecule has 186 valence electrons. The number of morpholine rings is 1. The fraction of sp³-hybridized carbons (Fsp3) is 0.214. The standard InChI is InChI=1S/C28H23N3O4S2/c32-21-10-11-30-26(27(21)33)28(34)29-12-13-35-15-24(29)31(30)25-18-7-3-6-17(22-9-4-14-36-22)20(18)16-37-23-8-2-1-5-19(23)25/h1-11,14,24-25,33H,12-13,15-16H2/t24-,25+/m1/s1. The van der Waals surface area contributed by atoms with Gasteiger partial charge < -0.3 is 14.7 Å². The molecular formula is C28H23N3O4S2. The number of amides is 1. The maximum Gasteiger partial charge on any atom is 0.278 e. The molecular weight excluding hydrogens is 506 g/mol. The van der Waals surface area contributed by atoms with Crippen LogP contribution in [0.15, 0.2) is 81.9 Å². The molecule has 1 saturated heterocycles. The minimum Gasteiger partial charge on any atom is -0.502 e. The molecule has 5 heterocycles. The molecule has 0 radical (unpaired) electrons. The van der Waals surface area contributed by atoms with Crippen molar-refractivity contribution in [2.24, 2.45) is 0 Å². The van der Waals surface area contributed by atoms with Crippen LogP contribution in [0.5, 0.6) is 5.75 Å². The van der Waals surface area contributed by atoms with Crippen LogP contribution in [0.4, 0.5) is 0 Å². The second-order valence-corrected chi connectivity index (χ2v) is 11.2. The Labute approximate surface area is 221 Å². The first kappa shape index (κ1) is 22.7. The predicted molar refractivity (Wildman–Crippen MR) is 144 cm³/mol. The summed E-state index contributed by atoms with van der Waals surface area (Å²) in [5.74, 6) is -0.0773. The summed E-state index contributed by atoms with van der Waals surface area (Å²) in [7, 11) is 0. The highest BCUT2D eigenvalue weighted by Gasteiger charge is 2.46. The molecule has 7 rings (SSSR count). The van der Waals surface area contributed by atoms with Crippen LogP contribution in [0.3, 0.4) is 0 Å². The number of thioether (sulfide) groups is 1. The third kappa shape index (κ3) is 3.45. The van der Waals surface area contributed by atoms with E-state index in [0.29, 0.717) is 19.8 Å². The van der Waals surface area contributed by atoms with Crippen molar-refractivity contribution in [3.8, 4) is 16.2 Å². The van der Waals surface area contributed by atoms with Gasteiger partial charge in [0.25, 0.3) is 5.91 Å². The minimum atomic E-state index is -0.566. The smallest absolute Gasteiger partial charge is 0.278 e. The van der Waals surface area contributed by atoms with E-state index in [9.17, 15) is 14.7 Å². The summed E-state index contributed by atoms with van der Waals surface area (Å²) in [6.07, 6.45) is 1.19. The quantitative estimate of drug-likeness (QED) is 0.414. The van der Waals surface area contributed by atoms with E-state index in [2.05, 4.69) is 52.9 Å². The zero-order chi connectivity index (χ0) is 25.1. The molecule has 1 N–H and O–H groups in total. The average Bonchev–Trinajstić information content (AvgIpc) is 3.41. The zero-order valence-corrected chi connectivity index (χ0v) is 21.4. The molecule has 0 unspecified atom stereocenters. The fourth-order valence-corrected chi connectivity index (χ4v) is 7.58. The van der Waals surface area contributed by atoms with Crippen molar-refractivity contribution in [2.45, 2.75) is 22.9 Å². The highest BCUT2D eigenvalue weighted by molar-refractivity contribution is 7.98. The number of nitrogens with zero attached hydrogens (tertiary/aromatic N) is 3. The van der Waals surface area contributed by atoms with Gasteiger partial charge in [-0.3, -0.25) is 19.3 Å². The molecule has 2 aromatic carbocycles. The second-order valence-electron chi connectivity index (χ2n) is 9.24.